The fourth-order valence-electron chi connectivity index (χ4n) is 3.16. The van der Waals surface area contributed by atoms with E-state index in [0.717, 1.165) is 49.6 Å². The monoisotopic (exact) mass is 446 g/mol. The quantitative estimate of drug-likeness (QED) is 0.530. The van der Waals surface area contributed by atoms with E-state index in [1.165, 1.54) is 24.3 Å². The fourth-order valence-corrected chi connectivity index (χ4v) is 3.79. The number of halogens is 6. The van der Waals surface area contributed by atoms with Gasteiger partial charge in [-0.05, 0) is 53.5 Å². The number of sulfone groups is 1. The van der Waals surface area contributed by atoms with E-state index in [1.807, 2.05) is 0 Å². The third kappa shape index (κ3) is 4.16. The molecule has 0 heterocycles. The Bertz CT molecular complexity index is 1120. The summed E-state index contributed by atoms with van der Waals surface area (Å²) in [7, 11) is -3.49. The maximum atomic E-state index is 13.6. The van der Waals surface area contributed by atoms with E-state index in [2.05, 4.69) is 0 Å². The second kappa shape index (κ2) is 7.01. The normalized spacial score (nSPS) is 20.1. The summed E-state index contributed by atoms with van der Waals surface area (Å²) in [6, 6.07) is 9.17. The Balaban J connectivity index is 2.12. The molecule has 0 aromatic heterocycles. The molecule has 0 spiro atoms. The average Bonchev–Trinajstić information content (AvgIpc) is 3.00. The largest absolute Gasteiger partial charge is 0.416 e. The molecule has 0 radical (unpaired) electrons. The lowest BCUT2D eigenvalue weighted by atomic mass is 9.91. The summed E-state index contributed by atoms with van der Waals surface area (Å²) >= 11 is 0. The third-order valence-corrected chi connectivity index (χ3v) is 6.03. The Morgan fingerprint density at radius 1 is 0.733 bits per heavy atom. The molecule has 30 heavy (non-hydrogen) atoms. The Labute approximate surface area is 169 Å². The van der Waals surface area contributed by atoms with Gasteiger partial charge in [0, 0.05) is 6.26 Å². The number of benzene rings is 2. The first-order valence-corrected chi connectivity index (χ1v) is 10.5. The van der Waals surface area contributed by atoms with Gasteiger partial charge in [0.05, 0.1) is 10.5 Å². The Hall–Kier alpha value is -2.55. The van der Waals surface area contributed by atoms with Crippen molar-refractivity contribution < 1.29 is 34.8 Å². The maximum Gasteiger partial charge on any atom is 0.416 e. The lowest BCUT2D eigenvalue weighted by molar-refractivity contribution is -0.182. The molecule has 160 valence electrons. The lowest BCUT2D eigenvalue weighted by Gasteiger charge is -2.23. The predicted molar refractivity (Wildman–Crippen MR) is 101 cm³/mol. The summed E-state index contributed by atoms with van der Waals surface area (Å²) in [4.78, 5) is 0.00323. The standard InChI is InChI=1S/C21H16F6O2S/c1-19(21(25,26)27)11-17(13-3-7-15(8-4-13)20(22,23)24)18(12-19)14-5-9-16(10-6-14)30(2,28)29/h3-12H,1-2H3. The first kappa shape index (κ1) is 22.1. The third-order valence-electron chi connectivity index (χ3n) is 4.91. The molecule has 0 saturated carbocycles. The molecule has 9 heteroatoms. The van der Waals surface area contributed by atoms with Crippen molar-refractivity contribution >= 4 is 21.0 Å². The van der Waals surface area contributed by atoms with Crippen molar-refractivity contribution in [1.29, 1.82) is 0 Å². The van der Waals surface area contributed by atoms with Crippen molar-refractivity contribution in [1.82, 2.24) is 0 Å². The summed E-state index contributed by atoms with van der Waals surface area (Å²) in [6.45, 7) is 0.967. The Morgan fingerprint density at radius 2 is 1.13 bits per heavy atom. The van der Waals surface area contributed by atoms with Gasteiger partial charge in [-0.2, -0.15) is 26.3 Å². The van der Waals surface area contributed by atoms with Crippen molar-refractivity contribution in [3.8, 4) is 0 Å². The van der Waals surface area contributed by atoms with Gasteiger partial charge in [0.15, 0.2) is 9.84 Å². The molecule has 2 aromatic rings. The zero-order valence-electron chi connectivity index (χ0n) is 15.8. The van der Waals surface area contributed by atoms with Crippen LogP contribution >= 0.6 is 0 Å². The van der Waals surface area contributed by atoms with E-state index in [1.54, 1.807) is 0 Å². The van der Waals surface area contributed by atoms with Crippen molar-refractivity contribution in [2.75, 3.05) is 6.26 Å². The maximum absolute atomic E-state index is 13.6. The number of hydrogen-bond acceptors (Lipinski definition) is 2. The molecule has 0 aliphatic heterocycles. The van der Waals surface area contributed by atoms with E-state index in [0.29, 0.717) is 5.56 Å². The van der Waals surface area contributed by atoms with Crippen LogP contribution in [0.25, 0.3) is 11.1 Å². The van der Waals surface area contributed by atoms with Gasteiger partial charge < -0.3 is 0 Å². The molecule has 0 N–H and O–H groups in total. The van der Waals surface area contributed by atoms with Gasteiger partial charge >= 0.3 is 12.4 Å². The molecule has 2 nitrogen and oxygen atoms in total. The zero-order chi connectivity index (χ0) is 22.5. The molecular formula is C21H16F6O2S. The number of allylic oxidation sites excluding steroid dienone is 4. The first-order valence-electron chi connectivity index (χ1n) is 8.63. The van der Waals surface area contributed by atoms with E-state index < -0.39 is 33.2 Å². The highest BCUT2D eigenvalue weighted by Crippen LogP contribution is 2.51. The lowest BCUT2D eigenvalue weighted by Crippen LogP contribution is -2.30. The molecule has 0 bridgehead atoms. The van der Waals surface area contributed by atoms with Crippen LogP contribution in [0.15, 0.2) is 65.6 Å². The van der Waals surface area contributed by atoms with Crippen LogP contribution in [0.1, 0.15) is 23.6 Å². The number of alkyl halides is 6. The highest BCUT2D eigenvalue weighted by molar-refractivity contribution is 7.90. The highest BCUT2D eigenvalue weighted by atomic mass is 32.2. The predicted octanol–water partition coefficient (Wildman–Crippen LogP) is 6.16. The van der Waals surface area contributed by atoms with Gasteiger partial charge in [0.25, 0.3) is 0 Å². The van der Waals surface area contributed by atoms with Gasteiger partial charge in [-0.25, -0.2) is 8.42 Å². The molecule has 1 unspecified atom stereocenters. The van der Waals surface area contributed by atoms with E-state index in [9.17, 15) is 34.8 Å². The van der Waals surface area contributed by atoms with Crippen LogP contribution in [0.4, 0.5) is 26.3 Å². The molecule has 1 aliphatic rings. The smallest absolute Gasteiger partial charge is 0.224 e. The Kier molecular flexibility index (Phi) is 5.17. The highest BCUT2D eigenvalue weighted by Gasteiger charge is 2.51. The minimum Gasteiger partial charge on any atom is -0.224 e. The summed E-state index contributed by atoms with van der Waals surface area (Å²) in [6.07, 6.45) is -6.22. The average molecular weight is 446 g/mol. The SMILES string of the molecule is CC1(C(F)(F)F)C=C(c2ccc(C(F)(F)F)cc2)C(c2ccc(S(C)(=O)=O)cc2)=C1. The van der Waals surface area contributed by atoms with Crippen LogP contribution in [0.2, 0.25) is 0 Å². The van der Waals surface area contributed by atoms with Crippen molar-refractivity contribution in [2.45, 2.75) is 24.2 Å². The molecule has 1 atom stereocenters. The van der Waals surface area contributed by atoms with E-state index >= 15 is 0 Å². The zero-order valence-corrected chi connectivity index (χ0v) is 16.6. The van der Waals surface area contributed by atoms with Crippen molar-refractivity contribution in [3.63, 3.8) is 0 Å². The topological polar surface area (TPSA) is 34.1 Å². The van der Waals surface area contributed by atoms with Gasteiger partial charge in [0.1, 0.15) is 5.41 Å². The molecule has 0 saturated heterocycles. The molecular weight excluding hydrogens is 430 g/mol. The molecule has 0 fully saturated rings. The van der Waals surface area contributed by atoms with Crippen LogP contribution in [-0.2, 0) is 16.0 Å². The van der Waals surface area contributed by atoms with Crippen molar-refractivity contribution in [2.24, 2.45) is 5.41 Å². The van der Waals surface area contributed by atoms with Crippen molar-refractivity contribution in [3.05, 3.63) is 77.4 Å². The summed E-state index contributed by atoms with van der Waals surface area (Å²) < 4.78 is 103. The molecule has 1 aliphatic carbocycles. The van der Waals surface area contributed by atoms with Gasteiger partial charge in [-0.1, -0.05) is 36.4 Å². The molecule has 3 rings (SSSR count). The Morgan fingerprint density at radius 3 is 1.47 bits per heavy atom. The van der Waals surface area contributed by atoms with Crippen LogP contribution in [-0.4, -0.2) is 20.8 Å². The van der Waals surface area contributed by atoms with Crippen LogP contribution in [0.3, 0.4) is 0 Å². The van der Waals surface area contributed by atoms with Crippen LogP contribution < -0.4 is 0 Å². The second-order valence-corrected chi connectivity index (χ2v) is 9.28. The second-order valence-electron chi connectivity index (χ2n) is 7.27. The summed E-state index contributed by atoms with van der Waals surface area (Å²) in [5.41, 5.74) is -2.44. The van der Waals surface area contributed by atoms with Crippen LogP contribution in [0.5, 0.6) is 0 Å². The van der Waals surface area contributed by atoms with Gasteiger partial charge in [0.2, 0.25) is 0 Å². The first-order chi connectivity index (χ1) is 13.6. The minimum absolute atomic E-state index is 0.00323. The van der Waals surface area contributed by atoms with Gasteiger partial charge in [-0.15, -0.1) is 0 Å². The van der Waals surface area contributed by atoms with E-state index in [-0.39, 0.29) is 21.6 Å². The van der Waals surface area contributed by atoms with Gasteiger partial charge in [-0.3, -0.25) is 0 Å². The molecule has 0 amide bonds. The number of rotatable bonds is 3. The number of hydrogen-bond donors (Lipinski definition) is 0. The van der Waals surface area contributed by atoms with E-state index in [4.69, 9.17) is 0 Å². The summed E-state index contributed by atoms with van der Waals surface area (Å²) in [5.74, 6) is 0. The minimum atomic E-state index is -4.63. The summed E-state index contributed by atoms with van der Waals surface area (Å²) in [5, 5.41) is 0. The van der Waals surface area contributed by atoms with Crippen LogP contribution in [0, 0.1) is 5.41 Å². The molecule has 2 aromatic carbocycles. The fraction of sp³-hybridized carbons (Fsp3) is 0.238.